The molecule has 1 aromatic heterocycles. The van der Waals surface area contributed by atoms with Crippen LogP contribution in [0.15, 0.2) is 52.1 Å². The van der Waals surface area contributed by atoms with Gasteiger partial charge < -0.3 is 19.4 Å². The first-order valence-electron chi connectivity index (χ1n) is 10.2. The Morgan fingerprint density at radius 2 is 1.97 bits per heavy atom. The average molecular weight is 551 g/mol. The summed E-state index contributed by atoms with van der Waals surface area (Å²) < 4.78 is 49.7. The number of furan rings is 1. The Balaban J connectivity index is 0.00000341. The summed E-state index contributed by atoms with van der Waals surface area (Å²) in [5.41, 5.74) is -0.132. The van der Waals surface area contributed by atoms with Gasteiger partial charge in [0.15, 0.2) is 5.96 Å². The van der Waals surface area contributed by atoms with E-state index in [9.17, 15) is 13.2 Å². The molecule has 1 aliphatic rings. The van der Waals surface area contributed by atoms with Gasteiger partial charge in [0.2, 0.25) is 0 Å². The SMILES string of the molecule is CN(CC1CCOCC1)C(=NCc1cccc(C(F)(F)F)c1)NCCc1ccco1.I. The lowest BCUT2D eigenvalue weighted by molar-refractivity contribution is -0.137. The molecule has 0 amide bonds. The van der Waals surface area contributed by atoms with Crippen LogP contribution in [0.2, 0.25) is 0 Å². The highest BCUT2D eigenvalue weighted by Crippen LogP contribution is 2.29. The Labute approximate surface area is 198 Å². The zero-order valence-corrected chi connectivity index (χ0v) is 19.9. The second-order valence-corrected chi connectivity index (χ2v) is 7.53. The zero-order valence-electron chi connectivity index (χ0n) is 17.5. The van der Waals surface area contributed by atoms with E-state index < -0.39 is 11.7 Å². The van der Waals surface area contributed by atoms with E-state index in [0.717, 1.165) is 50.5 Å². The van der Waals surface area contributed by atoms with Gasteiger partial charge in [-0.3, -0.25) is 0 Å². The van der Waals surface area contributed by atoms with Crippen molar-refractivity contribution < 1.29 is 22.3 Å². The van der Waals surface area contributed by atoms with E-state index in [1.165, 1.54) is 6.07 Å². The van der Waals surface area contributed by atoms with E-state index in [1.807, 2.05) is 24.1 Å². The molecule has 1 N–H and O–H groups in total. The molecule has 5 nitrogen and oxygen atoms in total. The molecular formula is C22H29F3IN3O2. The minimum atomic E-state index is -4.36. The van der Waals surface area contributed by atoms with Gasteiger partial charge >= 0.3 is 6.18 Å². The molecule has 3 rings (SSSR count). The highest BCUT2D eigenvalue weighted by Gasteiger charge is 2.30. The standard InChI is InChI=1S/C22H28F3N3O2.HI/c1-28(16-17-8-12-29-13-9-17)21(26-10-7-20-6-3-11-30-20)27-15-18-4-2-5-19(14-18)22(23,24)25;/h2-6,11,14,17H,7-10,12-13,15-16H2,1H3,(H,26,27);1H. The normalized spacial score (nSPS) is 15.4. The van der Waals surface area contributed by atoms with Crippen LogP contribution in [0.4, 0.5) is 13.2 Å². The third-order valence-corrected chi connectivity index (χ3v) is 5.13. The van der Waals surface area contributed by atoms with Crippen molar-refractivity contribution in [1.29, 1.82) is 0 Å². The number of alkyl halides is 3. The topological polar surface area (TPSA) is 50.0 Å². The van der Waals surface area contributed by atoms with Crippen molar-refractivity contribution in [3.63, 3.8) is 0 Å². The van der Waals surface area contributed by atoms with Crippen LogP contribution < -0.4 is 5.32 Å². The average Bonchev–Trinajstić information content (AvgIpc) is 3.24. The highest BCUT2D eigenvalue weighted by atomic mass is 127. The smallest absolute Gasteiger partial charge is 0.416 e. The monoisotopic (exact) mass is 551 g/mol. The van der Waals surface area contributed by atoms with Crippen LogP contribution in [0.5, 0.6) is 0 Å². The highest BCUT2D eigenvalue weighted by molar-refractivity contribution is 14.0. The number of rotatable bonds is 7. The fourth-order valence-corrected chi connectivity index (χ4v) is 3.48. The Bertz CT molecular complexity index is 807. The van der Waals surface area contributed by atoms with Crippen molar-refractivity contribution in [3.05, 3.63) is 59.5 Å². The van der Waals surface area contributed by atoms with Crippen molar-refractivity contribution in [2.75, 3.05) is 33.4 Å². The predicted molar refractivity (Wildman–Crippen MR) is 125 cm³/mol. The van der Waals surface area contributed by atoms with E-state index in [2.05, 4.69) is 10.3 Å². The van der Waals surface area contributed by atoms with Crippen LogP contribution in [0.1, 0.15) is 29.7 Å². The first kappa shape index (κ1) is 25.5. The van der Waals surface area contributed by atoms with Gasteiger partial charge in [-0.05, 0) is 48.6 Å². The van der Waals surface area contributed by atoms with Gasteiger partial charge in [0.1, 0.15) is 5.76 Å². The quantitative estimate of drug-likeness (QED) is 0.300. The molecule has 1 aromatic carbocycles. The summed E-state index contributed by atoms with van der Waals surface area (Å²) in [6.45, 7) is 3.14. The van der Waals surface area contributed by atoms with Gasteiger partial charge in [-0.25, -0.2) is 4.99 Å². The lowest BCUT2D eigenvalue weighted by atomic mass is 10.00. The van der Waals surface area contributed by atoms with E-state index in [0.29, 0.717) is 30.4 Å². The van der Waals surface area contributed by atoms with Crippen molar-refractivity contribution in [2.45, 2.75) is 32.0 Å². The lowest BCUT2D eigenvalue weighted by Crippen LogP contribution is -2.43. The molecule has 0 spiro atoms. The number of nitrogens with one attached hydrogen (secondary N) is 1. The van der Waals surface area contributed by atoms with Gasteiger partial charge in [0.05, 0.1) is 18.4 Å². The van der Waals surface area contributed by atoms with Crippen LogP contribution in [-0.4, -0.2) is 44.2 Å². The molecule has 172 valence electrons. The maximum Gasteiger partial charge on any atom is 0.416 e. The van der Waals surface area contributed by atoms with Crippen molar-refractivity contribution in [3.8, 4) is 0 Å². The summed E-state index contributed by atoms with van der Waals surface area (Å²) in [5, 5.41) is 3.32. The van der Waals surface area contributed by atoms with Crippen LogP contribution >= 0.6 is 24.0 Å². The molecular weight excluding hydrogens is 522 g/mol. The summed E-state index contributed by atoms with van der Waals surface area (Å²) in [6, 6.07) is 9.07. The molecule has 1 fully saturated rings. The Kier molecular flexibility index (Phi) is 10.1. The molecule has 2 aromatic rings. The third kappa shape index (κ3) is 8.36. The largest absolute Gasteiger partial charge is 0.469 e. The number of hydrogen-bond acceptors (Lipinski definition) is 3. The van der Waals surface area contributed by atoms with Crippen molar-refractivity contribution in [1.82, 2.24) is 10.2 Å². The molecule has 0 bridgehead atoms. The number of nitrogens with zero attached hydrogens (tertiary/aromatic N) is 2. The molecule has 1 aliphatic heterocycles. The molecule has 0 saturated carbocycles. The fourth-order valence-electron chi connectivity index (χ4n) is 3.48. The predicted octanol–water partition coefficient (Wildman–Crippen LogP) is 4.96. The van der Waals surface area contributed by atoms with Crippen LogP contribution in [-0.2, 0) is 23.9 Å². The molecule has 2 heterocycles. The maximum atomic E-state index is 13.0. The minimum Gasteiger partial charge on any atom is -0.469 e. The van der Waals surface area contributed by atoms with E-state index in [-0.39, 0.29) is 30.5 Å². The number of guanidine groups is 1. The van der Waals surface area contributed by atoms with E-state index in [1.54, 1.807) is 12.3 Å². The molecule has 31 heavy (non-hydrogen) atoms. The summed E-state index contributed by atoms with van der Waals surface area (Å²) in [4.78, 5) is 6.65. The first-order chi connectivity index (χ1) is 14.4. The zero-order chi connectivity index (χ0) is 21.4. The second kappa shape index (κ2) is 12.3. The van der Waals surface area contributed by atoms with Crippen molar-refractivity contribution >= 4 is 29.9 Å². The maximum absolute atomic E-state index is 13.0. The minimum absolute atomic E-state index is 0. The first-order valence-corrected chi connectivity index (χ1v) is 10.2. The molecule has 0 aliphatic carbocycles. The summed E-state index contributed by atoms with van der Waals surface area (Å²) >= 11 is 0. The van der Waals surface area contributed by atoms with Gasteiger partial charge in [0, 0.05) is 39.8 Å². The number of ether oxygens (including phenoxy) is 1. The Morgan fingerprint density at radius 3 is 2.65 bits per heavy atom. The van der Waals surface area contributed by atoms with Crippen molar-refractivity contribution in [2.24, 2.45) is 10.9 Å². The number of benzene rings is 1. The van der Waals surface area contributed by atoms with Gasteiger partial charge in [-0.1, -0.05) is 12.1 Å². The Morgan fingerprint density at radius 1 is 1.19 bits per heavy atom. The van der Waals surface area contributed by atoms with Gasteiger partial charge in [-0.15, -0.1) is 24.0 Å². The van der Waals surface area contributed by atoms with Gasteiger partial charge in [-0.2, -0.15) is 13.2 Å². The van der Waals surface area contributed by atoms with Crippen LogP contribution in [0, 0.1) is 5.92 Å². The summed E-state index contributed by atoms with van der Waals surface area (Å²) in [5.74, 6) is 2.05. The summed E-state index contributed by atoms with van der Waals surface area (Å²) in [7, 11) is 1.96. The van der Waals surface area contributed by atoms with E-state index in [4.69, 9.17) is 9.15 Å². The lowest BCUT2D eigenvalue weighted by Gasteiger charge is -2.29. The van der Waals surface area contributed by atoms with Gasteiger partial charge in [0.25, 0.3) is 0 Å². The molecule has 0 atom stereocenters. The second-order valence-electron chi connectivity index (χ2n) is 7.53. The Hall–Kier alpha value is -1.75. The molecule has 0 unspecified atom stereocenters. The molecule has 9 heteroatoms. The number of halogens is 4. The molecule has 0 radical (unpaired) electrons. The van der Waals surface area contributed by atoms with Crippen LogP contribution in [0.3, 0.4) is 0 Å². The van der Waals surface area contributed by atoms with Crippen LogP contribution in [0.25, 0.3) is 0 Å². The third-order valence-electron chi connectivity index (χ3n) is 5.13. The fraction of sp³-hybridized carbons (Fsp3) is 0.500. The molecule has 1 saturated heterocycles. The number of aliphatic imine (C=N–C) groups is 1. The van der Waals surface area contributed by atoms with E-state index >= 15 is 0 Å². The number of hydrogen-bond donors (Lipinski definition) is 1. The summed E-state index contributed by atoms with van der Waals surface area (Å²) in [6.07, 6.45) is -0.0328.